The van der Waals surface area contributed by atoms with Gasteiger partial charge >= 0.3 is 0 Å². The molecule has 1 fully saturated rings. The van der Waals surface area contributed by atoms with Crippen LogP contribution in [-0.2, 0) is 6.54 Å². The number of aliphatic hydroxyl groups is 1. The number of aliphatic imine (C=N–C) groups is 1. The summed E-state index contributed by atoms with van der Waals surface area (Å²) in [6, 6.07) is 20.2. The largest absolute Gasteiger partial charge is 0.393 e. The zero-order chi connectivity index (χ0) is 23.2. The normalized spacial score (nSPS) is 15.6. The van der Waals surface area contributed by atoms with Crippen LogP contribution in [0.25, 0.3) is 10.8 Å². The number of hydrogen-bond donors (Lipinski definition) is 3. The first-order chi connectivity index (χ1) is 16.0. The quantitative estimate of drug-likeness (QED) is 0.210. The van der Waals surface area contributed by atoms with E-state index < -0.39 is 0 Å². The van der Waals surface area contributed by atoms with Crippen molar-refractivity contribution in [2.45, 2.75) is 45.4 Å². The highest BCUT2D eigenvalue weighted by atomic mass is 127. The summed E-state index contributed by atoms with van der Waals surface area (Å²) in [7, 11) is 0. The van der Waals surface area contributed by atoms with Crippen LogP contribution in [0.1, 0.15) is 43.9 Å². The number of piperidine rings is 1. The van der Waals surface area contributed by atoms with Gasteiger partial charge in [0.05, 0.1) is 24.4 Å². The molecule has 4 rings (SSSR count). The van der Waals surface area contributed by atoms with E-state index in [0.717, 1.165) is 12.1 Å². The van der Waals surface area contributed by atoms with E-state index in [-0.39, 0.29) is 41.9 Å². The van der Waals surface area contributed by atoms with E-state index in [1.54, 1.807) is 6.07 Å². The molecule has 1 unspecified atom stereocenters. The summed E-state index contributed by atoms with van der Waals surface area (Å²) in [5, 5.41) is 18.9. The molecule has 5 nitrogen and oxygen atoms in total. The van der Waals surface area contributed by atoms with Gasteiger partial charge in [0.1, 0.15) is 5.82 Å². The Labute approximate surface area is 218 Å². The minimum atomic E-state index is -0.271. The Morgan fingerprint density at radius 2 is 1.82 bits per heavy atom. The van der Waals surface area contributed by atoms with Crippen molar-refractivity contribution in [3.63, 3.8) is 0 Å². The average molecular weight is 576 g/mol. The van der Waals surface area contributed by atoms with E-state index in [9.17, 15) is 9.50 Å². The standard InChI is InChI=1S/C27H33FN4O.HI/c1-3-29-27(31-19(2)22-10-9-21-6-4-5-7-23(21)17-22)30-18-20-8-11-26(25(28)16-20)32-14-12-24(33)13-15-32;/h4-11,16-17,19,24,33H,3,12-15,18H2,1-2H3,(H2,29,30,31);1H. The van der Waals surface area contributed by atoms with E-state index >= 15 is 0 Å². The minimum absolute atomic E-state index is 0. The molecule has 0 bridgehead atoms. The fraction of sp³-hybridized carbons (Fsp3) is 0.370. The summed E-state index contributed by atoms with van der Waals surface area (Å²) in [6.07, 6.45) is 1.09. The number of guanidine groups is 1. The molecule has 1 heterocycles. The van der Waals surface area contributed by atoms with Crippen LogP contribution >= 0.6 is 24.0 Å². The molecule has 182 valence electrons. The molecular weight excluding hydrogens is 542 g/mol. The van der Waals surface area contributed by atoms with Crippen LogP contribution in [0.15, 0.2) is 65.7 Å². The van der Waals surface area contributed by atoms with Gasteiger partial charge in [0.25, 0.3) is 0 Å². The Hall–Kier alpha value is -2.39. The van der Waals surface area contributed by atoms with Gasteiger partial charge in [-0.2, -0.15) is 0 Å². The summed E-state index contributed by atoms with van der Waals surface area (Å²) in [6.45, 7) is 6.62. The van der Waals surface area contributed by atoms with Crippen molar-refractivity contribution in [3.8, 4) is 0 Å². The fourth-order valence-corrected chi connectivity index (χ4v) is 4.27. The van der Waals surface area contributed by atoms with Gasteiger partial charge in [-0.25, -0.2) is 9.38 Å². The first-order valence-corrected chi connectivity index (χ1v) is 11.8. The van der Waals surface area contributed by atoms with E-state index in [0.29, 0.717) is 44.1 Å². The molecule has 0 aliphatic carbocycles. The van der Waals surface area contributed by atoms with Crippen molar-refractivity contribution < 1.29 is 9.50 Å². The lowest BCUT2D eigenvalue weighted by molar-refractivity contribution is 0.145. The summed E-state index contributed by atoms with van der Waals surface area (Å²) < 4.78 is 14.8. The third kappa shape index (κ3) is 6.60. The topological polar surface area (TPSA) is 59.9 Å². The molecule has 34 heavy (non-hydrogen) atoms. The highest BCUT2D eigenvalue weighted by molar-refractivity contribution is 14.0. The zero-order valence-electron chi connectivity index (χ0n) is 19.8. The molecule has 3 N–H and O–H groups in total. The monoisotopic (exact) mass is 576 g/mol. The minimum Gasteiger partial charge on any atom is -0.393 e. The van der Waals surface area contributed by atoms with E-state index in [2.05, 4.69) is 58.9 Å². The van der Waals surface area contributed by atoms with Gasteiger partial charge in [0, 0.05) is 19.6 Å². The predicted octanol–water partition coefficient (Wildman–Crippen LogP) is 5.37. The summed E-state index contributed by atoms with van der Waals surface area (Å²) in [5.74, 6) is 0.467. The van der Waals surface area contributed by atoms with Gasteiger partial charge in [-0.3, -0.25) is 0 Å². The molecule has 1 aliphatic heterocycles. The van der Waals surface area contributed by atoms with Gasteiger partial charge in [0.2, 0.25) is 0 Å². The number of nitrogens with one attached hydrogen (secondary N) is 2. The first kappa shape index (κ1) is 26.2. The van der Waals surface area contributed by atoms with Crippen molar-refractivity contribution in [3.05, 3.63) is 77.6 Å². The second kappa shape index (κ2) is 12.4. The zero-order valence-corrected chi connectivity index (χ0v) is 22.1. The molecule has 0 aromatic heterocycles. The van der Waals surface area contributed by atoms with Crippen LogP contribution in [0.3, 0.4) is 0 Å². The summed E-state index contributed by atoms with van der Waals surface area (Å²) >= 11 is 0. The lowest BCUT2D eigenvalue weighted by atomic mass is 10.0. The van der Waals surface area contributed by atoms with Crippen LogP contribution in [-0.4, -0.2) is 36.8 Å². The second-order valence-electron chi connectivity index (χ2n) is 8.67. The van der Waals surface area contributed by atoms with Crippen molar-refractivity contribution in [2.75, 3.05) is 24.5 Å². The van der Waals surface area contributed by atoms with Crippen LogP contribution < -0.4 is 15.5 Å². The van der Waals surface area contributed by atoms with Gasteiger partial charge in [-0.1, -0.05) is 42.5 Å². The molecule has 0 spiro atoms. The highest BCUT2D eigenvalue weighted by Gasteiger charge is 2.19. The molecule has 1 atom stereocenters. The molecule has 1 aliphatic rings. The highest BCUT2D eigenvalue weighted by Crippen LogP contribution is 2.25. The number of aliphatic hydroxyl groups excluding tert-OH is 1. The van der Waals surface area contributed by atoms with Crippen LogP contribution in [0.2, 0.25) is 0 Å². The molecule has 0 amide bonds. The van der Waals surface area contributed by atoms with Crippen molar-refractivity contribution in [1.82, 2.24) is 10.6 Å². The maximum Gasteiger partial charge on any atom is 0.192 e. The van der Waals surface area contributed by atoms with E-state index in [1.807, 2.05) is 30.0 Å². The van der Waals surface area contributed by atoms with Gasteiger partial charge in [0.15, 0.2) is 5.96 Å². The third-order valence-corrected chi connectivity index (χ3v) is 6.21. The van der Waals surface area contributed by atoms with Crippen molar-refractivity contribution >= 4 is 46.4 Å². The molecule has 0 radical (unpaired) electrons. The third-order valence-electron chi connectivity index (χ3n) is 6.21. The summed E-state index contributed by atoms with van der Waals surface area (Å²) in [5.41, 5.74) is 2.61. The number of fused-ring (bicyclic) bond motifs is 1. The number of benzene rings is 3. The van der Waals surface area contributed by atoms with Crippen LogP contribution in [0.5, 0.6) is 0 Å². The molecule has 3 aromatic rings. The molecule has 1 saturated heterocycles. The van der Waals surface area contributed by atoms with Crippen LogP contribution in [0.4, 0.5) is 10.1 Å². The molecule has 3 aromatic carbocycles. The average Bonchev–Trinajstić information content (AvgIpc) is 2.83. The lowest BCUT2D eigenvalue weighted by Gasteiger charge is -2.31. The van der Waals surface area contributed by atoms with E-state index in [4.69, 9.17) is 0 Å². The predicted molar refractivity (Wildman–Crippen MR) is 150 cm³/mol. The number of nitrogens with zero attached hydrogens (tertiary/aromatic N) is 2. The van der Waals surface area contributed by atoms with E-state index in [1.165, 1.54) is 16.3 Å². The maximum atomic E-state index is 14.8. The lowest BCUT2D eigenvalue weighted by Crippen LogP contribution is -2.38. The smallest absolute Gasteiger partial charge is 0.192 e. The first-order valence-electron chi connectivity index (χ1n) is 11.8. The Balaban J connectivity index is 0.00000324. The molecular formula is C27H34FIN4O. The molecule has 0 saturated carbocycles. The van der Waals surface area contributed by atoms with Gasteiger partial charge in [-0.15, -0.1) is 24.0 Å². The second-order valence-corrected chi connectivity index (χ2v) is 8.67. The maximum absolute atomic E-state index is 14.8. The Morgan fingerprint density at radius 3 is 2.53 bits per heavy atom. The number of halogens is 2. The number of hydrogen-bond acceptors (Lipinski definition) is 3. The van der Waals surface area contributed by atoms with Gasteiger partial charge in [-0.05, 0) is 66.8 Å². The van der Waals surface area contributed by atoms with Gasteiger partial charge < -0.3 is 20.6 Å². The van der Waals surface area contributed by atoms with Crippen LogP contribution in [0, 0.1) is 5.82 Å². The van der Waals surface area contributed by atoms with Crippen molar-refractivity contribution in [1.29, 1.82) is 0 Å². The molecule has 7 heteroatoms. The fourth-order valence-electron chi connectivity index (χ4n) is 4.27. The Kier molecular flexibility index (Phi) is 9.53. The summed E-state index contributed by atoms with van der Waals surface area (Å²) in [4.78, 5) is 6.69. The van der Waals surface area contributed by atoms with Crippen molar-refractivity contribution in [2.24, 2.45) is 4.99 Å². The Bertz CT molecular complexity index is 1110. The number of anilines is 1. The SMILES string of the molecule is CCNC(=NCc1ccc(N2CCC(O)CC2)c(F)c1)NC(C)c1ccc2ccccc2c1.I. The number of rotatable bonds is 6. The Morgan fingerprint density at radius 1 is 1.09 bits per heavy atom.